The van der Waals surface area contributed by atoms with Crippen molar-refractivity contribution in [3.05, 3.63) is 59.7 Å². The number of urea groups is 1. The van der Waals surface area contributed by atoms with Crippen molar-refractivity contribution in [3.63, 3.8) is 0 Å². The first kappa shape index (κ1) is 19.4. The highest BCUT2D eigenvalue weighted by Gasteiger charge is 2.23. The molecule has 7 heteroatoms. The molecule has 0 unspecified atom stereocenters. The summed E-state index contributed by atoms with van der Waals surface area (Å²) in [5, 5.41) is 2.99. The van der Waals surface area contributed by atoms with Gasteiger partial charge in [0.05, 0.1) is 6.54 Å². The second-order valence-electron chi connectivity index (χ2n) is 7.67. The summed E-state index contributed by atoms with van der Waals surface area (Å²) in [6.07, 6.45) is 0.755. The van der Waals surface area contributed by atoms with Crippen LogP contribution in [0.25, 0.3) is 0 Å². The van der Waals surface area contributed by atoms with Crippen LogP contribution >= 0.6 is 0 Å². The summed E-state index contributed by atoms with van der Waals surface area (Å²) in [6, 6.07) is 15.7. The van der Waals surface area contributed by atoms with Crippen molar-refractivity contribution in [2.45, 2.75) is 13.0 Å². The number of fused-ring (bicyclic) bond motifs is 1. The van der Waals surface area contributed by atoms with Crippen molar-refractivity contribution in [3.8, 4) is 0 Å². The van der Waals surface area contributed by atoms with E-state index in [2.05, 4.69) is 39.4 Å². The summed E-state index contributed by atoms with van der Waals surface area (Å²) in [4.78, 5) is 30.1. The molecule has 29 heavy (non-hydrogen) atoms. The maximum absolute atomic E-state index is 12.5. The molecule has 0 spiro atoms. The van der Waals surface area contributed by atoms with Crippen LogP contribution in [0.4, 0.5) is 16.2 Å². The van der Waals surface area contributed by atoms with Crippen LogP contribution in [0.1, 0.15) is 11.1 Å². The Balaban J connectivity index is 1.25. The molecule has 0 radical (unpaired) electrons. The Kier molecular flexibility index (Phi) is 5.78. The number of nitrogens with zero attached hydrogens (tertiary/aromatic N) is 3. The number of hydrogen-bond acceptors (Lipinski definition) is 4. The van der Waals surface area contributed by atoms with E-state index in [0.717, 1.165) is 56.1 Å². The van der Waals surface area contributed by atoms with Gasteiger partial charge in [-0.1, -0.05) is 30.3 Å². The van der Waals surface area contributed by atoms with Crippen LogP contribution in [0.15, 0.2) is 48.5 Å². The normalized spacial score (nSPS) is 17.2. The zero-order valence-electron chi connectivity index (χ0n) is 16.5. The van der Waals surface area contributed by atoms with E-state index in [1.165, 1.54) is 5.56 Å². The number of hydrogen-bond donors (Lipinski definition) is 2. The lowest BCUT2D eigenvalue weighted by molar-refractivity contribution is -0.117. The molecule has 0 aliphatic carbocycles. The molecule has 2 aromatic rings. The smallest absolute Gasteiger partial charge is 0.319 e. The first-order valence-corrected chi connectivity index (χ1v) is 10.1. The molecule has 4 rings (SSSR count). The predicted octanol–water partition coefficient (Wildman–Crippen LogP) is 1.88. The SMILES string of the molecule is NC(=O)N1CCc2cc(NC(=O)CN3CCN(Cc4ccccc4)CC3)ccc21. The molecule has 7 nitrogen and oxygen atoms in total. The van der Waals surface area contributed by atoms with Crippen LogP contribution < -0.4 is 16.0 Å². The minimum absolute atomic E-state index is 0.00814. The van der Waals surface area contributed by atoms with Crippen molar-refractivity contribution >= 4 is 23.3 Å². The molecule has 1 saturated heterocycles. The molecule has 1 fully saturated rings. The fraction of sp³-hybridized carbons (Fsp3) is 0.364. The first-order chi connectivity index (χ1) is 14.1. The van der Waals surface area contributed by atoms with E-state index in [-0.39, 0.29) is 5.91 Å². The van der Waals surface area contributed by atoms with Gasteiger partial charge in [0.1, 0.15) is 0 Å². The molecule has 0 saturated carbocycles. The summed E-state index contributed by atoms with van der Waals surface area (Å²) >= 11 is 0. The Morgan fingerprint density at radius 1 is 0.931 bits per heavy atom. The largest absolute Gasteiger partial charge is 0.351 e. The van der Waals surface area contributed by atoms with Crippen LogP contribution in [-0.4, -0.2) is 61.0 Å². The van der Waals surface area contributed by atoms with Crippen molar-refractivity contribution in [2.24, 2.45) is 5.73 Å². The molecule has 152 valence electrons. The fourth-order valence-electron chi connectivity index (χ4n) is 4.06. The number of piperazine rings is 1. The van der Waals surface area contributed by atoms with Gasteiger partial charge in [0, 0.05) is 50.6 Å². The maximum atomic E-state index is 12.5. The number of rotatable bonds is 5. The Hall–Kier alpha value is -2.90. The Morgan fingerprint density at radius 2 is 1.66 bits per heavy atom. The third kappa shape index (κ3) is 4.75. The number of primary amides is 1. The van der Waals surface area contributed by atoms with E-state index in [1.807, 2.05) is 24.3 Å². The topological polar surface area (TPSA) is 81.9 Å². The highest BCUT2D eigenvalue weighted by Crippen LogP contribution is 2.30. The molecule has 2 aliphatic rings. The minimum atomic E-state index is -0.438. The maximum Gasteiger partial charge on any atom is 0.319 e. The highest BCUT2D eigenvalue weighted by atomic mass is 16.2. The third-order valence-electron chi connectivity index (χ3n) is 5.61. The van der Waals surface area contributed by atoms with Gasteiger partial charge in [-0.05, 0) is 35.7 Å². The van der Waals surface area contributed by atoms with Gasteiger partial charge in [-0.15, -0.1) is 0 Å². The average Bonchev–Trinajstić information content (AvgIpc) is 3.14. The summed E-state index contributed by atoms with van der Waals surface area (Å²) in [7, 11) is 0. The Bertz CT molecular complexity index is 878. The molecule has 0 atom stereocenters. The van der Waals surface area contributed by atoms with E-state index < -0.39 is 6.03 Å². The summed E-state index contributed by atoms with van der Waals surface area (Å²) in [5.41, 5.74) is 9.36. The highest BCUT2D eigenvalue weighted by molar-refractivity contribution is 5.95. The average molecular weight is 393 g/mol. The van der Waals surface area contributed by atoms with Crippen molar-refractivity contribution < 1.29 is 9.59 Å². The summed E-state index contributed by atoms with van der Waals surface area (Å²) in [6.45, 7) is 5.64. The van der Waals surface area contributed by atoms with Crippen molar-refractivity contribution in [1.82, 2.24) is 9.80 Å². The number of nitrogens with two attached hydrogens (primary N) is 1. The first-order valence-electron chi connectivity index (χ1n) is 10.1. The van der Waals surface area contributed by atoms with Gasteiger partial charge in [0.15, 0.2) is 0 Å². The van der Waals surface area contributed by atoms with Gasteiger partial charge in [-0.3, -0.25) is 19.5 Å². The number of nitrogens with one attached hydrogen (secondary N) is 1. The minimum Gasteiger partial charge on any atom is -0.351 e. The van der Waals surface area contributed by atoms with Crippen LogP contribution in [0.5, 0.6) is 0 Å². The van der Waals surface area contributed by atoms with Crippen LogP contribution in [0.2, 0.25) is 0 Å². The van der Waals surface area contributed by atoms with Crippen LogP contribution in [-0.2, 0) is 17.8 Å². The predicted molar refractivity (Wildman–Crippen MR) is 114 cm³/mol. The van der Waals surface area contributed by atoms with Gasteiger partial charge in [-0.25, -0.2) is 4.79 Å². The molecular formula is C22H27N5O2. The molecule has 2 heterocycles. The molecule has 2 aliphatic heterocycles. The molecule has 0 bridgehead atoms. The van der Waals surface area contributed by atoms with E-state index in [4.69, 9.17) is 5.73 Å². The van der Waals surface area contributed by atoms with E-state index >= 15 is 0 Å². The quantitative estimate of drug-likeness (QED) is 0.813. The lowest BCUT2D eigenvalue weighted by atomic mass is 10.1. The van der Waals surface area contributed by atoms with Gasteiger partial charge in [0.25, 0.3) is 0 Å². The second kappa shape index (κ2) is 8.63. The van der Waals surface area contributed by atoms with Crippen molar-refractivity contribution in [2.75, 3.05) is 49.5 Å². The van der Waals surface area contributed by atoms with Gasteiger partial charge in [0.2, 0.25) is 5.91 Å². The van der Waals surface area contributed by atoms with Crippen LogP contribution in [0.3, 0.4) is 0 Å². The molecular weight excluding hydrogens is 366 g/mol. The molecule has 3 amide bonds. The zero-order valence-corrected chi connectivity index (χ0v) is 16.5. The number of carbonyl (C=O) groups is 2. The van der Waals surface area contributed by atoms with Gasteiger partial charge >= 0.3 is 6.03 Å². The summed E-state index contributed by atoms with van der Waals surface area (Å²) < 4.78 is 0. The third-order valence-corrected chi connectivity index (χ3v) is 5.61. The zero-order chi connectivity index (χ0) is 20.2. The summed E-state index contributed by atoms with van der Waals surface area (Å²) in [5.74, 6) is -0.00814. The molecule has 2 aromatic carbocycles. The lowest BCUT2D eigenvalue weighted by Crippen LogP contribution is -2.48. The number of amides is 3. The fourth-order valence-corrected chi connectivity index (χ4v) is 4.06. The monoisotopic (exact) mass is 393 g/mol. The van der Waals surface area contributed by atoms with Gasteiger partial charge < -0.3 is 11.1 Å². The number of carbonyl (C=O) groups excluding carboxylic acids is 2. The lowest BCUT2D eigenvalue weighted by Gasteiger charge is -2.34. The van der Waals surface area contributed by atoms with E-state index in [0.29, 0.717) is 13.1 Å². The van der Waals surface area contributed by atoms with E-state index in [9.17, 15) is 9.59 Å². The second-order valence-corrected chi connectivity index (χ2v) is 7.67. The van der Waals surface area contributed by atoms with Gasteiger partial charge in [-0.2, -0.15) is 0 Å². The molecule has 3 N–H and O–H groups in total. The molecule has 0 aromatic heterocycles. The Morgan fingerprint density at radius 3 is 2.38 bits per heavy atom. The Labute approximate surface area is 171 Å². The van der Waals surface area contributed by atoms with Crippen LogP contribution in [0, 0.1) is 0 Å². The number of benzene rings is 2. The van der Waals surface area contributed by atoms with E-state index in [1.54, 1.807) is 4.90 Å². The standard InChI is InChI=1S/C22H27N5O2/c23-22(29)27-9-8-18-14-19(6-7-20(18)27)24-21(28)16-26-12-10-25(11-13-26)15-17-4-2-1-3-5-17/h1-7,14H,8-13,15-16H2,(H2,23,29)(H,24,28). The van der Waals surface area contributed by atoms with Crippen molar-refractivity contribution in [1.29, 1.82) is 0 Å². The number of anilines is 2.